The van der Waals surface area contributed by atoms with Crippen LogP contribution in [-0.2, 0) is 0 Å². The monoisotopic (exact) mass is 634 g/mol. The van der Waals surface area contributed by atoms with E-state index in [4.69, 9.17) is 0 Å². The van der Waals surface area contributed by atoms with Gasteiger partial charge in [0, 0.05) is 33.5 Å². The fourth-order valence-corrected chi connectivity index (χ4v) is 8.22. The molecule has 1 aliphatic carbocycles. The minimum absolute atomic E-state index is 1.14. The van der Waals surface area contributed by atoms with Crippen LogP contribution in [0.25, 0.3) is 82.1 Å². The van der Waals surface area contributed by atoms with E-state index in [0.717, 1.165) is 17.1 Å². The second-order valence-electron chi connectivity index (χ2n) is 13.4. The molecule has 0 spiro atoms. The second kappa shape index (κ2) is 10.4. The van der Waals surface area contributed by atoms with Crippen LogP contribution in [0.2, 0.25) is 0 Å². The average molecular weight is 635 g/mol. The number of benzene rings is 9. The lowest BCUT2D eigenvalue weighted by Crippen LogP contribution is -2.09. The summed E-state index contributed by atoms with van der Waals surface area (Å²) in [6.45, 7) is 0. The van der Waals surface area contributed by atoms with Crippen molar-refractivity contribution >= 4 is 71.2 Å². The maximum Gasteiger partial charge on any atom is 0.0541 e. The van der Waals surface area contributed by atoms with Crippen LogP contribution in [0.4, 0.5) is 17.1 Å². The molecule has 10 aromatic rings. The molecule has 2 nitrogen and oxygen atoms in total. The molecule has 2 heteroatoms. The van der Waals surface area contributed by atoms with Crippen molar-refractivity contribution in [2.24, 2.45) is 0 Å². The van der Waals surface area contributed by atoms with E-state index in [1.54, 1.807) is 0 Å². The van der Waals surface area contributed by atoms with E-state index in [1.807, 2.05) is 0 Å². The van der Waals surface area contributed by atoms with Crippen molar-refractivity contribution < 1.29 is 0 Å². The molecule has 0 atom stereocenters. The Morgan fingerprint density at radius 3 is 1.42 bits per heavy atom. The third kappa shape index (κ3) is 4.03. The summed E-state index contributed by atoms with van der Waals surface area (Å²) in [5.41, 5.74) is 12.4. The Kier molecular flexibility index (Phi) is 5.70. The largest absolute Gasteiger partial charge is 0.310 e. The van der Waals surface area contributed by atoms with E-state index in [9.17, 15) is 0 Å². The van der Waals surface area contributed by atoms with Crippen LogP contribution in [0.15, 0.2) is 182 Å². The SMILES string of the molecule is c1ccc(N(c2ccc3ccccc3c2)c2ccc3cc4c(cc3c2)-c2cc3ccc(-n5c6ccccc6c6ccccc65)cc3cc2-4)cc1. The number of nitrogens with zero attached hydrogens (tertiary/aromatic N) is 2. The van der Waals surface area contributed by atoms with Gasteiger partial charge in [-0.3, -0.25) is 0 Å². The number of hydrogen-bond donors (Lipinski definition) is 0. The summed E-state index contributed by atoms with van der Waals surface area (Å²) in [4.78, 5) is 2.36. The highest BCUT2D eigenvalue weighted by Crippen LogP contribution is 2.51. The average Bonchev–Trinajstić information content (AvgIpc) is 3.51. The highest BCUT2D eigenvalue weighted by atomic mass is 15.1. The molecule has 9 aromatic carbocycles. The molecule has 0 saturated heterocycles. The number of hydrogen-bond acceptors (Lipinski definition) is 1. The minimum atomic E-state index is 1.14. The van der Waals surface area contributed by atoms with Crippen molar-refractivity contribution in [3.63, 3.8) is 0 Å². The molecule has 0 N–H and O–H groups in total. The van der Waals surface area contributed by atoms with Gasteiger partial charge in [0.25, 0.3) is 0 Å². The zero-order valence-electron chi connectivity index (χ0n) is 27.2. The van der Waals surface area contributed by atoms with Crippen molar-refractivity contribution in [3.8, 4) is 27.9 Å². The zero-order valence-corrected chi connectivity index (χ0v) is 27.2. The highest BCUT2D eigenvalue weighted by Gasteiger charge is 2.24. The quantitative estimate of drug-likeness (QED) is 0.187. The van der Waals surface area contributed by atoms with Gasteiger partial charge in [-0.05, 0) is 140 Å². The van der Waals surface area contributed by atoms with Gasteiger partial charge in [0.15, 0.2) is 0 Å². The van der Waals surface area contributed by atoms with Gasteiger partial charge >= 0.3 is 0 Å². The number of aromatic nitrogens is 1. The van der Waals surface area contributed by atoms with Crippen molar-refractivity contribution in [2.45, 2.75) is 0 Å². The van der Waals surface area contributed by atoms with Gasteiger partial charge in [-0.1, -0.05) is 97.1 Å². The van der Waals surface area contributed by atoms with E-state index < -0.39 is 0 Å². The molecule has 0 radical (unpaired) electrons. The molecule has 11 rings (SSSR count). The summed E-state index contributed by atoms with van der Waals surface area (Å²) >= 11 is 0. The molecule has 0 saturated carbocycles. The number of anilines is 3. The third-order valence-corrected chi connectivity index (χ3v) is 10.6. The molecular weight excluding hydrogens is 605 g/mol. The standard InChI is InChI=1S/C48H30N2/c1-2-12-37(13-3-1)49(38-21-18-31-10-4-5-11-32(31)24-38)39-22-19-33-27-43-45(29-35(33)25-39)44-28-34-20-23-40(26-36(34)30-46(43)44)50-47-16-8-6-14-41(47)42-15-7-9-17-48(42)50/h1-30H. The van der Waals surface area contributed by atoms with Gasteiger partial charge < -0.3 is 9.47 Å². The number of para-hydroxylation sites is 3. The van der Waals surface area contributed by atoms with Crippen molar-refractivity contribution in [1.29, 1.82) is 0 Å². The van der Waals surface area contributed by atoms with Crippen LogP contribution in [-0.4, -0.2) is 4.57 Å². The van der Waals surface area contributed by atoms with E-state index >= 15 is 0 Å². The molecule has 1 aliphatic rings. The van der Waals surface area contributed by atoms with Gasteiger partial charge in [0.2, 0.25) is 0 Å². The Hall–Kier alpha value is -6.64. The summed E-state index contributed by atoms with van der Waals surface area (Å²) < 4.78 is 2.40. The summed E-state index contributed by atoms with van der Waals surface area (Å²) in [7, 11) is 0. The zero-order chi connectivity index (χ0) is 32.8. The Morgan fingerprint density at radius 2 is 0.760 bits per heavy atom. The van der Waals surface area contributed by atoms with Crippen LogP contribution in [0.5, 0.6) is 0 Å². The number of fused-ring (bicyclic) bond motifs is 10. The van der Waals surface area contributed by atoms with Crippen LogP contribution >= 0.6 is 0 Å². The Bertz CT molecular complexity index is 2930. The predicted molar refractivity (Wildman–Crippen MR) is 212 cm³/mol. The minimum Gasteiger partial charge on any atom is -0.310 e. The van der Waals surface area contributed by atoms with Crippen molar-refractivity contribution in [3.05, 3.63) is 182 Å². The molecule has 1 heterocycles. The summed E-state index contributed by atoms with van der Waals surface area (Å²) in [5.74, 6) is 0. The smallest absolute Gasteiger partial charge is 0.0541 e. The van der Waals surface area contributed by atoms with E-state index in [0.29, 0.717) is 0 Å². The Morgan fingerprint density at radius 1 is 0.300 bits per heavy atom. The molecular formula is C48H30N2. The third-order valence-electron chi connectivity index (χ3n) is 10.6. The Balaban J connectivity index is 1.01. The normalized spacial score (nSPS) is 12.0. The maximum atomic E-state index is 2.40. The van der Waals surface area contributed by atoms with Crippen LogP contribution in [0, 0.1) is 0 Å². The predicted octanol–water partition coefficient (Wildman–Crippen LogP) is 13.4. The van der Waals surface area contributed by atoms with Gasteiger partial charge in [-0.15, -0.1) is 0 Å². The fourth-order valence-electron chi connectivity index (χ4n) is 8.22. The van der Waals surface area contributed by atoms with Crippen LogP contribution in [0.1, 0.15) is 0 Å². The fraction of sp³-hybridized carbons (Fsp3) is 0. The molecule has 0 amide bonds. The summed E-state index contributed by atoms with van der Waals surface area (Å²) in [5, 5.41) is 10.1. The van der Waals surface area contributed by atoms with Crippen LogP contribution < -0.4 is 4.90 Å². The summed E-state index contributed by atoms with van der Waals surface area (Å²) in [6, 6.07) is 66.7. The second-order valence-corrected chi connectivity index (χ2v) is 13.4. The topological polar surface area (TPSA) is 8.17 Å². The van der Waals surface area contributed by atoms with Crippen molar-refractivity contribution in [1.82, 2.24) is 4.57 Å². The Labute approximate surface area is 289 Å². The molecule has 232 valence electrons. The number of rotatable bonds is 4. The van der Waals surface area contributed by atoms with E-state index in [2.05, 4.69) is 191 Å². The molecule has 1 aromatic heterocycles. The van der Waals surface area contributed by atoms with Gasteiger partial charge in [0.05, 0.1) is 11.0 Å². The lowest BCUT2D eigenvalue weighted by atomic mass is 9.78. The molecule has 0 fully saturated rings. The first-order chi connectivity index (χ1) is 24.8. The molecule has 0 bridgehead atoms. The maximum absolute atomic E-state index is 2.40. The van der Waals surface area contributed by atoms with Crippen LogP contribution in [0.3, 0.4) is 0 Å². The lowest BCUT2D eigenvalue weighted by molar-refractivity contribution is 1.19. The van der Waals surface area contributed by atoms with Gasteiger partial charge in [0.1, 0.15) is 0 Å². The summed E-state index contributed by atoms with van der Waals surface area (Å²) in [6.07, 6.45) is 0. The van der Waals surface area contributed by atoms with Gasteiger partial charge in [-0.25, -0.2) is 0 Å². The first kappa shape index (κ1) is 27.3. The molecule has 0 aliphatic heterocycles. The van der Waals surface area contributed by atoms with Gasteiger partial charge in [-0.2, -0.15) is 0 Å². The molecule has 50 heavy (non-hydrogen) atoms. The van der Waals surface area contributed by atoms with E-state index in [-0.39, 0.29) is 0 Å². The first-order valence-corrected chi connectivity index (χ1v) is 17.3. The van der Waals surface area contributed by atoms with Crippen molar-refractivity contribution in [2.75, 3.05) is 4.90 Å². The van der Waals surface area contributed by atoms with E-state index in [1.165, 1.54) is 82.1 Å². The molecule has 0 unspecified atom stereocenters. The first-order valence-electron chi connectivity index (χ1n) is 17.3. The lowest BCUT2D eigenvalue weighted by Gasteiger charge is -2.28. The highest BCUT2D eigenvalue weighted by molar-refractivity contribution is 6.13.